The first-order chi connectivity index (χ1) is 10.5. The van der Waals surface area contributed by atoms with Crippen molar-refractivity contribution in [3.8, 4) is 0 Å². The summed E-state index contributed by atoms with van der Waals surface area (Å²) in [5, 5.41) is 0. The molecule has 2 heteroatoms. The van der Waals surface area contributed by atoms with Crippen LogP contribution >= 0.6 is 0 Å². The van der Waals surface area contributed by atoms with Crippen LogP contribution in [0.4, 0.5) is 0 Å². The van der Waals surface area contributed by atoms with Crippen molar-refractivity contribution < 1.29 is 0 Å². The van der Waals surface area contributed by atoms with Crippen LogP contribution in [0.3, 0.4) is 0 Å². The van der Waals surface area contributed by atoms with Gasteiger partial charge in [-0.25, -0.2) is 4.98 Å². The van der Waals surface area contributed by atoms with Gasteiger partial charge in [-0.05, 0) is 19.3 Å². The first-order valence-corrected chi connectivity index (χ1v) is 9.63. The molecule has 1 rings (SSSR count). The molecule has 1 aromatic heterocycles. The van der Waals surface area contributed by atoms with Gasteiger partial charge >= 0.3 is 0 Å². The molecule has 1 heterocycles. The van der Waals surface area contributed by atoms with Crippen LogP contribution in [-0.2, 0) is 16.2 Å². The molecule has 0 spiro atoms. The first kappa shape index (κ1) is 20.3. The van der Waals surface area contributed by atoms with E-state index in [1.54, 1.807) is 0 Å². The van der Waals surface area contributed by atoms with E-state index in [2.05, 4.69) is 67.3 Å². The smallest absolute Gasteiger partial charge is 0.112 e. The molecule has 0 saturated heterocycles. The summed E-state index contributed by atoms with van der Waals surface area (Å²) in [6.07, 6.45) is 7.32. The summed E-state index contributed by atoms with van der Waals surface area (Å²) in [5.41, 5.74) is 3.05. The minimum atomic E-state index is 0.107. The Labute approximate surface area is 144 Å². The summed E-state index contributed by atoms with van der Waals surface area (Å²) >= 11 is 0. The summed E-state index contributed by atoms with van der Waals surface area (Å²) in [4.78, 5) is 8.90. The Bertz CT molecular complexity index is 492. The molecule has 1 N–H and O–H groups in total. The number of hydrogen-bond donors (Lipinski definition) is 1. The highest BCUT2D eigenvalue weighted by molar-refractivity contribution is 5.31. The summed E-state index contributed by atoms with van der Waals surface area (Å²) in [6.45, 7) is 20.8. The lowest BCUT2D eigenvalue weighted by Gasteiger charge is -2.30. The molecule has 0 aliphatic heterocycles. The number of unbranched alkanes of at least 4 members (excludes halogenated alkanes) is 2. The van der Waals surface area contributed by atoms with Crippen molar-refractivity contribution in [2.24, 2.45) is 0 Å². The van der Waals surface area contributed by atoms with E-state index in [9.17, 15) is 0 Å². The molecule has 0 saturated carbocycles. The minimum Gasteiger partial charge on any atom is -0.345 e. The fourth-order valence-electron chi connectivity index (χ4n) is 2.95. The van der Waals surface area contributed by atoms with Gasteiger partial charge in [-0.1, -0.05) is 81.6 Å². The first-order valence-electron chi connectivity index (χ1n) is 9.63. The molecular formula is C21H40N2. The molecule has 0 bridgehead atoms. The predicted octanol–water partition coefficient (Wildman–Crippen LogP) is 6.64. The summed E-state index contributed by atoms with van der Waals surface area (Å²) in [7, 11) is 0. The van der Waals surface area contributed by atoms with E-state index in [1.165, 1.54) is 37.1 Å². The number of nitrogens with zero attached hydrogens (tertiary/aromatic N) is 1. The number of nitrogens with one attached hydrogen (secondary N) is 1. The molecule has 134 valence electrons. The lowest BCUT2D eigenvalue weighted by atomic mass is 9.76. The van der Waals surface area contributed by atoms with Gasteiger partial charge in [0, 0.05) is 21.9 Å². The molecule has 0 atom stereocenters. The molecular weight excluding hydrogens is 280 g/mol. The van der Waals surface area contributed by atoms with Crippen molar-refractivity contribution in [2.45, 2.75) is 117 Å². The largest absolute Gasteiger partial charge is 0.345 e. The maximum Gasteiger partial charge on any atom is 0.112 e. The Kier molecular flexibility index (Phi) is 6.52. The fourth-order valence-corrected chi connectivity index (χ4v) is 2.95. The van der Waals surface area contributed by atoms with Crippen molar-refractivity contribution in [1.82, 2.24) is 9.97 Å². The van der Waals surface area contributed by atoms with Crippen molar-refractivity contribution in [3.05, 3.63) is 17.2 Å². The van der Waals surface area contributed by atoms with E-state index in [0.29, 0.717) is 0 Å². The van der Waals surface area contributed by atoms with Crippen LogP contribution in [0.25, 0.3) is 0 Å². The molecule has 1 aromatic rings. The van der Waals surface area contributed by atoms with Crippen LogP contribution in [0.5, 0.6) is 0 Å². The van der Waals surface area contributed by atoms with E-state index in [1.807, 2.05) is 0 Å². The van der Waals surface area contributed by atoms with Gasteiger partial charge in [0.05, 0.1) is 5.69 Å². The van der Waals surface area contributed by atoms with Gasteiger partial charge in [0.1, 0.15) is 5.82 Å². The zero-order valence-electron chi connectivity index (χ0n) is 17.2. The van der Waals surface area contributed by atoms with Gasteiger partial charge < -0.3 is 4.98 Å². The Balaban J connectivity index is 3.33. The van der Waals surface area contributed by atoms with Gasteiger partial charge in [0.2, 0.25) is 0 Å². The van der Waals surface area contributed by atoms with Crippen LogP contribution in [0.2, 0.25) is 0 Å². The Morgan fingerprint density at radius 2 is 1.35 bits per heavy atom. The van der Waals surface area contributed by atoms with Crippen molar-refractivity contribution in [3.63, 3.8) is 0 Å². The summed E-state index contributed by atoms with van der Waals surface area (Å²) in [5.74, 6) is 1.16. The topological polar surface area (TPSA) is 28.7 Å². The SMILES string of the molecule is CCCCCC(C)(C)c1[nH]c(C(C)(C)CC)nc1C(C)(C)CC. The zero-order chi connectivity index (χ0) is 17.9. The van der Waals surface area contributed by atoms with Crippen LogP contribution in [0.1, 0.15) is 118 Å². The van der Waals surface area contributed by atoms with Gasteiger partial charge in [-0.2, -0.15) is 0 Å². The van der Waals surface area contributed by atoms with Gasteiger partial charge in [0.15, 0.2) is 0 Å². The normalized spacial score (nSPS) is 13.6. The van der Waals surface area contributed by atoms with Crippen LogP contribution in [0.15, 0.2) is 0 Å². The highest BCUT2D eigenvalue weighted by atomic mass is 15.0. The minimum absolute atomic E-state index is 0.107. The van der Waals surface area contributed by atoms with E-state index >= 15 is 0 Å². The highest BCUT2D eigenvalue weighted by Gasteiger charge is 2.35. The third-order valence-corrected chi connectivity index (χ3v) is 5.84. The lowest BCUT2D eigenvalue weighted by molar-refractivity contribution is 0.413. The summed E-state index contributed by atoms with van der Waals surface area (Å²) in [6, 6.07) is 0. The molecule has 0 unspecified atom stereocenters. The van der Waals surface area contributed by atoms with E-state index in [0.717, 1.165) is 18.7 Å². The third kappa shape index (κ3) is 4.61. The molecule has 0 amide bonds. The third-order valence-electron chi connectivity index (χ3n) is 5.84. The molecule has 23 heavy (non-hydrogen) atoms. The Morgan fingerprint density at radius 3 is 1.83 bits per heavy atom. The second-order valence-electron chi connectivity index (χ2n) is 9.12. The molecule has 0 aromatic carbocycles. The number of aromatic amines is 1. The average Bonchev–Trinajstić information content (AvgIpc) is 2.95. The number of hydrogen-bond acceptors (Lipinski definition) is 1. The zero-order valence-corrected chi connectivity index (χ0v) is 17.2. The maximum atomic E-state index is 5.13. The molecule has 0 aliphatic carbocycles. The Hall–Kier alpha value is -0.790. The van der Waals surface area contributed by atoms with E-state index in [4.69, 9.17) is 4.98 Å². The maximum absolute atomic E-state index is 5.13. The van der Waals surface area contributed by atoms with E-state index < -0.39 is 0 Å². The number of rotatable bonds is 9. The lowest BCUT2D eigenvalue weighted by Crippen LogP contribution is -2.26. The predicted molar refractivity (Wildman–Crippen MR) is 102 cm³/mol. The van der Waals surface area contributed by atoms with Gasteiger partial charge in [0.25, 0.3) is 0 Å². The Morgan fingerprint density at radius 1 is 0.783 bits per heavy atom. The van der Waals surface area contributed by atoms with Gasteiger partial charge in [-0.3, -0.25) is 0 Å². The number of aromatic nitrogens is 2. The van der Waals surface area contributed by atoms with Crippen LogP contribution < -0.4 is 0 Å². The standard InChI is InChI=1S/C21H40N2/c1-10-13-14-15-21(8,9)17-16(19(4,5)11-2)22-18(23-17)20(6,7)12-3/h10-15H2,1-9H3,(H,22,23). The highest BCUT2D eigenvalue weighted by Crippen LogP contribution is 2.39. The second-order valence-corrected chi connectivity index (χ2v) is 9.12. The van der Waals surface area contributed by atoms with Crippen LogP contribution in [-0.4, -0.2) is 9.97 Å². The fraction of sp³-hybridized carbons (Fsp3) is 0.857. The van der Waals surface area contributed by atoms with Crippen molar-refractivity contribution >= 4 is 0 Å². The average molecular weight is 321 g/mol. The number of H-pyrrole nitrogens is 1. The molecule has 0 aliphatic rings. The molecule has 2 nitrogen and oxygen atoms in total. The monoisotopic (exact) mass is 320 g/mol. The quantitative estimate of drug-likeness (QED) is 0.507. The molecule has 0 radical (unpaired) electrons. The second kappa shape index (κ2) is 7.40. The van der Waals surface area contributed by atoms with Crippen LogP contribution in [0, 0.1) is 0 Å². The van der Waals surface area contributed by atoms with Crippen molar-refractivity contribution in [1.29, 1.82) is 0 Å². The number of imidazole rings is 1. The molecule has 0 fully saturated rings. The van der Waals surface area contributed by atoms with Crippen molar-refractivity contribution in [2.75, 3.05) is 0 Å². The summed E-state index contributed by atoms with van der Waals surface area (Å²) < 4.78 is 0. The van der Waals surface area contributed by atoms with Gasteiger partial charge in [-0.15, -0.1) is 0 Å². The van der Waals surface area contributed by atoms with E-state index in [-0.39, 0.29) is 16.2 Å².